The predicted octanol–water partition coefficient (Wildman–Crippen LogP) is 2.78. The lowest BCUT2D eigenvalue weighted by Crippen LogP contribution is -1.81. The summed E-state index contributed by atoms with van der Waals surface area (Å²) in [6.45, 7) is 1.85. The van der Waals surface area contributed by atoms with E-state index < -0.39 is 0 Å². The lowest BCUT2D eigenvalue weighted by molar-refractivity contribution is 0.405. The number of phenolic OH excluding ortho intramolecular Hbond substituents is 3. The van der Waals surface area contributed by atoms with Gasteiger partial charge in [-0.15, -0.1) is 0 Å². The van der Waals surface area contributed by atoms with Crippen LogP contribution in [-0.2, 0) is 0 Å². The maximum atomic E-state index is 9.70. The van der Waals surface area contributed by atoms with E-state index in [1.54, 1.807) is 24.3 Å². The molecule has 0 saturated carbocycles. The van der Waals surface area contributed by atoms with E-state index in [1.165, 1.54) is 6.07 Å². The molecule has 2 rings (SSSR count). The fraction of sp³-hybridized carbons (Fsp3) is 0.0769. The molecule has 0 spiro atoms. The minimum atomic E-state index is -0.174. The summed E-state index contributed by atoms with van der Waals surface area (Å²) in [4.78, 5) is 0. The van der Waals surface area contributed by atoms with Crippen molar-refractivity contribution < 1.29 is 15.3 Å². The third-order valence-corrected chi connectivity index (χ3v) is 2.39. The van der Waals surface area contributed by atoms with E-state index in [0.717, 1.165) is 5.56 Å². The van der Waals surface area contributed by atoms with Crippen LogP contribution in [-0.4, -0.2) is 15.3 Å². The molecule has 0 fully saturated rings. The Morgan fingerprint density at radius 2 is 1.69 bits per heavy atom. The SMILES string of the molecule is Cc1cc(O)cc(-c2cccc(O)c2O)c1. The maximum Gasteiger partial charge on any atom is 0.165 e. The number of para-hydroxylation sites is 1. The van der Waals surface area contributed by atoms with Gasteiger partial charge in [0.25, 0.3) is 0 Å². The highest BCUT2D eigenvalue weighted by Crippen LogP contribution is 2.37. The van der Waals surface area contributed by atoms with Crippen LogP contribution in [0.3, 0.4) is 0 Å². The number of benzene rings is 2. The summed E-state index contributed by atoms with van der Waals surface area (Å²) in [6.07, 6.45) is 0. The standard InChI is InChI=1S/C13H12O3/c1-8-5-9(7-10(14)6-8)11-3-2-4-12(15)13(11)16/h2-7,14-16H,1H3. The Morgan fingerprint density at radius 1 is 0.938 bits per heavy atom. The molecule has 0 atom stereocenters. The van der Waals surface area contributed by atoms with Gasteiger partial charge in [-0.3, -0.25) is 0 Å². The van der Waals surface area contributed by atoms with Gasteiger partial charge in [0.05, 0.1) is 0 Å². The van der Waals surface area contributed by atoms with E-state index >= 15 is 0 Å². The van der Waals surface area contributed by atoms with Gasteiger partial charge < -0.3 is 15.3 Å². The highest BCUT2D eigenvalue weighted by molar-refractivity contribution is 5.74. The Hall–Kier alpha value is -2.16. The summed E-state index contributed by atoms with van der Waals surface area (Å²) in [7, 11) is 0. The van der Waals surface area contributed by atoms with Gasteiger partial charge in [0, 0.05) is 5.56 Å². The number of hydrogen-bond acceptors (Lipinski definition) is 3. The predicted molar refractivity (Wildman–Crippen MR) is 61.6 cm³/mol. The highest BCUT2D eigenvalue weighted by atomic mass is 16.3. The third kappa shape index (κ3) is 1.80. The smallest absolute Gasteiger partial charge is 0.165 e. The topological polar surface area (TPSA) is 60.7 Å². The first-order valence-corrected chi connectivity index (χ1v) is 4.90. The second kappa shape index (κ2) is 3.77. The summed E-state index contributed by atoms with van der Waals surface area (Å²) in [5, 5.41) is 28.6. The van der Waals surface area contributed by atoms with Crippen molar-refractivity contribution in [3.8, 4) is 28.4 Å². The highest BCUT2D eigenvalue weighted by Gasteiger charge is 2.09. The quantitative estimate of drug-likeness (QED) is 0.642. The lowest BCUT2D eigenvalue weighted by Gasteiger charge is -2.07. The maximum absolute atomic E-state index is 9.70. The van der Waals surface area contributed by atoms with Crippen molar-refractivity contribution in [1.82, 2.24) is 0 Å². The Balaban J connectivity index is 2.63. The summed E-state index contributed by atoms with van der Waals surface area (Å²) < 4.78 is 0. The van der Waals surface area contributed by atoms with Crippen molar-refractivity contribution in [2.75, 3.05) is 0 Å². The molecule has 0 aromatic heterocycles. The minimum Gasteiger partial charge on any atom is -0.508 e. The molecule has 0 saturated heterocycles. The van der Waals surface area contributed by atoms with E-state index in [0.29, 0.717) is 11.1 Å². The molecule has 0 aliphatic rings. The molecule has 0 aliphatic carbocycles. The van der Waals surface area contributed by atoms with E-state index in [9.17, 15) is 15.3 Å². The van der Waals surface area contributed by atoms with Crippen molar-refractivity contribution in [3.63, 3.8) is 0 Å². The van der Waals surface area contributed by atoms with Crippen LogP contribution in [0.4, 0.5) is 0 Å². The molecule has 82 valence electrons. The third-order valence-electron chi connectivity index (χ3n) is 2.39. The molecule has 2 aromatic rings. The number of phenols is 3. The fourth-order valence-electron chi connectivity index (χ4n) is 1.68. The van der Waals surface area contributed by atoms with Crippen LogP contribution in [0.5, 0.6) is 17.2 Å². The average molecular weight is 216 g/mol. The molecular weight excluding hydrogens is 204 g/mol. The Labute approximate surface area is 93.2 Å². The molecule has 0 bridgehead atoms. The lowest BCUT2D eigenvalue weighted by atomic mass is 10.0. The second-order valence-corrected chi connectivity index (χ2v) is 3.73. The molecule has 0 radical (unpaired) electrons. The van der Waals surface area contributed by atoms with Crippen molar-refractivity contribution in [3.05, 3.63) is 42.0 Å². The average Bonchev–Trinajstić information content (AvgIpc) is 2.20. The molecule has 3 N–H and O–H groups in total. The Morgan fingerprint density at radius 3 is 2.38 bits per heavy atom. The summed E-state index contributed by atoms with van der Waals surface area (Å²) in [6, 6.07) is 9.74. The van der Waals surface area contributed by atoms with Crippen molar-refractivity contribution in [2.24, 2.45) is 0 Å². The minimum absolute atomic E-state index is 0.137. The van der Waals surface area contributed by atoms with Crippen LogP contribution < -0.4 is 0 Å². The van der Waals surface area contributed by atoms with Crippen molar-refractivity contribution in [1.29, 1.82) is 0 Å². The molecule has 16 heavy (non-hydrogen) atoms. The molecule has 0 aliphatic heterocycles. The molecule has 0 amide bonds. The van der Waals surface area contributed by atoms with Gasteiger partial charge in [0.15, 0.2) is 11.5 Å². The van der Waals surface area contributed by atoms with Crippen LogP contribution in [0.2, 0.25) is 0 Å². The van der Waals surface area contributed by atoms with E-state index in [1.807, 2.05) is 13.0 Å². The first-order valence-electron chi connectivity index (χ1n) is 4.90. The first kappa shape index (κ1) is 10.4. The summed E-state index contributed by atoms with van der Waals surface area (Å²) in [5.74, 6) is -0.205. The van der Waals surface area contributed by atoms with Crippen LogP contribution in [0.25, 0.3) is 11.1 Å². The van der Waals surface area contributed by atoms with Crippen molar-refractivity contribution >= 4 is 0 Å². The van der Waals surface area contributed by atoms with Gasteiger partial charge in [-0.1, -0.05) is 18.2 Å². The zero-order valence-corrected chi connectivity index (χ0v) is 8.81. The summed E-state index contributed by atoms with van der Waals surface area (Å²) in [5.41, 5.74) is 2.06. The zero-order chi connectivity index (χ0) is 11.7. The zero-order valence-electron chi connectivity index (χ0n) is 8.81. The van der Waals surface area contributed by atoms with Gasteiger partial charge in [0.1, 0.15) is 5.75 Å². The largest absolute Gasteiger partial charge is 0.508 e. The van der Waals surface area contributed by atoms with Crippen LogP contribution >= 0.6 is 0 Å². The molecule has 3 nitrogen and oxygen atoms in total. The van der Waals surface area contributed by atoms with Gasteiger partial charge in [0.2, 0.25) is 0 Å². The van der Waals surface area contributed by atoms with E-state index in [-0.39, 0.29) is 17.2 Å². The molecule has 0 heterocycles. The number of rotatable bonds is 1. The second-order valence-electron chi connectivity index (χ2n) is 3.73. The summed E-state index contributed by atoms with van der Waals surface area (Å²) >= 11 is 0. The van der Waals surface area contributed by atoms with E-state index in [2.05, 4.69) is 0 Å². The Bertz CT molecular complexity index is 512. The number of aryl methyl sites for hydroxylation is 1. The first-order chi connectivity index (χ1) is 7.58. The van der Waals surface area contributed by atoms with Gasteiger partial charge >= 0.3 is 0 Å². The van der Waals surface area contributed by atoms with Crippen LogP contribution in [0.15, 0.2) is 36.4 Å². The normalized spacial score (nSPS) is 10.3. The van der Waals surface area contributed by atoms with Gasteiger partial charge in [-0.05, 0) is 36.2 Å². The molecule has 2 aromatic carbocycles. The van der Waals surface area contributed by atoms with Crippen LogP contribution in [0, 0.1) is 6.92 Å². The monoisotopic (exact) mass is 216 g/mol. The molecular formula is C13H12O3. The Kier molecular flexibility index (Phi) is 2.44. The number of aromatic hydroxyl groups is 3. The fourth-order valence-corrected chi connectivity index (χ4v) is 1.68. The van der Waals surface area contributed by atoms with Gasteiger partial charge in [-0.25, -0.2) is 0 Å². The van der Waals surface area contributed by atoms with Gasteiger partial charge in [-0.2, -0.15) is 0 Å². The molecule has 0 unspecified atom stereocenters. The molecule has 3 heteroatoms. The van der Waals surface area contributed by atoms with Crippen LogP contribution in [0.1, 0.15) is 5.56 Å². The van der Waals surface area contributed by atoms with E-state index in [4.69, 9.17) is 0 Å². The number of hydrogen-bond donors (Lipinski definition) is 3. The van der Waals surface area contributed by atoms with Crippen molar-refractivity contribution in [2.45, 2.75) is 6.92 Å².